The minimum Gasteiger partial charge on any atom is -0.396 e. The first-order valence-electron chi connectivity index (χ1n) is 6.81. The molecule has 1 saturated carbocycles. The Morgan fingerprint density at radius 3 is 2.50 bits per heavy atom. The van der Waals surface area contributed by atoms with Gasteiger partial charge in [-0.05, 0) is 62.3 Å². The molecule has 20 heavy (non-hydrogen) atoms. The van der Waals surface area contributed by atoms with Crippen LogP contribution in [0.25, 0.3) is 0 Å². The highest BCUT2D eigenvalue weighted by molar-refractivity contribution is 7.89. The fraction of sp³-hybridized carbons (Fsp3) is 0.571. The van der Waals surface area contributed by atoms with E-state index in [4.69, 9.17) is 16.7 Å². The number of nitrogens with one attached hydrogen (secondary N) is 1. The minimum atomic E-state index is -3.50. The van der Waals surface area contributed by atoms with Gasteiger partial charge in [0, 0.05) is 17.7 Å². The molecule has 2 N–H and O–H groups in total. The molecular weight excluding hydrogens is 298 g/mol. The van der Waals surface area contributed by atoms with Crippen LogP contribution in [0.4, 0.5) is 0 Å². The normalized spacial score (nSPS) is 23.8. The highest BCUT2D eigenvalue weighted by atomic mass is 35.5. The van der Waals surface area contributed by atoms with Gasteiger partial charge >= 0.3 is 0 Å². The van der Waals surface area contributed by atoms with Crippen molar-refractivity contribution < 1.29 is 13.5 Å². The molecule has 1 aliphatic rings. The smallest absolute Gasteiger partial charge is 0.241 e. The summed E-state index contributed by atoms with van der Waals surface area (Å²) in [5.74, 6) is 0.313. The minimum absolute atomic E-state index is 0.0436. The molecular formula is C14H20ClNO3S. The number of aryl methyl sites for hydroxylation is 1. The first kappa shape index (κ1) is 15.8. The van der Waals surface area contributed by atoms with Crippen LogP contribution in [0.1, 0.15) is 31.2 Å². The Morgan fingerprint density at radius 2 is 1.95 bits per heavy atom. The maximum atomic E-state index is 12.4. The molecule has 0 unspecified atom stereocenters. The lowest BCUT2D eigenvalue weighted by molar-refractivity contribution is 0.180. The summed E-state index contributed by atoms with van der Waals surface area (Å²) in [5, 5.41) is 9.63. The predicted molar refractivity (Wildman–Crippen MR) is 79.3 cm³/mol. The summed E-state index contributed by atoms with van der Waals surface area (Å²) in [6.07, 6.45) is 3.28. The van der Waals surface area contributed by atoms with Crippen LogP contribution >= 0.6 is 11.6 Å². The second-order valence-electron chi connectivity index (χ2n) is 5.43. The van der Waals surface area contributed by atoms with Crippen molar-refractivity contribution in [1.82, 2.24) is 4.72 Å². The molecule has 1 aliphatic carbocycles. The number of hydrogen-bond acceptors (Lipinski definition) is 3. The largest absolute Gasteiger partial charge is 0.396 e. The van der Waals surface area contributed by atoms with Crippen molar-refractivity contribution >= 4 is 21.6 Å². The van der Waals surface area contributed by atoms with Crippen LogP contribution in [0.15, 0.2) is 23.1 Å². The number of rotatable bonds is 4. The van der Waals surface area contributed by atoms with Gasteiger partial charge in [0.15, 0.2) is 0 Å². The van der Waals surface area contributed by atoms with Gasteiger partial charge in [0.25, 0.3) is 0 Å². The first-order chi connectivity index (χ1) is 9.42. The van der Waals surface area contributed by atoms with Gasteiger partial charge in [-0.15, -0.1) is 0 Å². The number of aliphatic hydroxyl groups is 1. The maximum absolute atomic E-state index is 12.4. The summed E-state index contributed by atoms with van der Waals surface area (Å²) in [5.41, 5.74) is 0.647. The van der Waals surface area contributed by atoms with Crippen LogP contribution in [-0.2, 0) is 10.0 Å². The summed E-state index contributed by atoms with van der Waals surface area (Å²) in [6, 6.07) is 4.74. The molecule has 0 atom stereocenters. The van der Waals surface area contributed by atoms with Crippen LogP contribution in [0.5, 0.6) is 0 Å². The number of hydrogen-bond donors (Lipinski definition) is 2. The molecule has 0 bridgehead atoms. The zero-order valence-electron chi connectivity index (χ0n) is 11.5. The summed E-state index contributed by atoms with van der Waals surface area (Å²) in [7, 11) is -3.50. The van der Waals surface area contributed by atoms with Gasteiger partial charge in [-0.25, -0.2) is 13.1 Å². The van der Waals surface area contributed by atoms with Gasteiger partial charge in [-0.2, -0.15) is 0 Å². The van der Waals surface area contributed by atoms with E-state index in [1.807, 2.05) is 0 Å². The number of aliphatic hydroxyl groups excluding tert-OH is 1. The molecule has 1 aromatic rings. The van der Waals surface area contributed by atoms with Crippen LogP contribution < -0.4 is 4.72 Å². The third kappa shape index (κ3) is 3.73. The lowest BCUT2D eigenvalue weighted by Gasteiger charge is -2.27. The van der Waals surface area contributed by atoms with Crippen molar-refractivity contribution in [2.24, 2.45) is 5.92 Å². The first-order valence-corrected chi connectivity index (χ1v) is 8.68. The Balaban J connectivity index is 2.08. The Bertz CT molecular complexity index is 566. The van der Waals surface area contributed by atoms with E-state index in [2.05, 4.69) is 4.72 Å². The second kappa shape index (κ2) is 6.43. The third-order valence-corrected chi connectivity index (χ3v) is 5.77. The summed E-state index contributed by atoms with van der Waals surface area (Å²) in [4.78, 5) is 0.284. The van der Waals surface area contributed by atoms with Crippen molar-refractivity contribution in [2.75, 3.05) is 6.61 Å². The molecule has 6 heteroatoms. The second-order valence-corrected chi connectivity index (χ2v) is 7.55. The van der Waals surface area contributed by atoms with E-state index in [1.54, 1.807) is 25.1 Å². The molecule has 0 radical (unpaired) electrons. The van der Waals surface area contributed by atoms with Crippen molar-refractivity contribution in [3.63, 3.8) is 0 Å². The van der Waals surface area contributed by atoms with Crippen LogP contribution in [-0.4, -0.2) is 26.2 Å². The van der Waals surface area contributed by atoms with Gasteiger partial charge < -0.3 is 5.11 Å². The third-order valence-electron chi connectivity index (χ3n) is 3.85. The van der Waals surface area contributed by atoms with E-state index in [0.29, 0.717) is 16.5 Å². The number of sulfonamides is 1. The van der Waals surface area contributed by atoms with E-state index < -0.39 is 10.0 Å². The summed E-state index contributed by atoms with van der Waals surface area (Å²) in [6.45, 7) is 1.93. The molecule has 112 valence electrons. The molecule has 4 nitrogen and oxygen atoms in total. The van der Waals surface area contributed by atoms with Crippen molar-refractivity contribution in [2.45, 2.75) is 43.5 Å². The van der Waals surface area contributed by atoms with Gasteiger partial charge in [0.2, 0.25) is 10.0 Å². The molecule has 1 fully saturated rings. The molecule has 0 aliphatic heterocycles. The Morgan fingerprint density at radius 1 is 1.30 bits per heavy atom. The zero-order valence-corrected chi connectivity index (χ0v) is 13.0. The van der Waals surface area contributed by atoms with E-state index in [-0.39, 0.29) is 17.5 Å². The van der Waals surface area contributed by atoms with E-state index >= 15 is 0 Å². The van der Waals surface area contributed by atoms with Crippen molar-refractivity contribution in [3.8, 4) is 0 Å². The molecule has 0 amide bonds. The summed E-state index contributed by atoms with van der Waals surface area (Å²) >= 11 is 5.85. The maximum Gasteiger partial charge on any atom is 0.241 e. The highest BCUT2D eigenvalue weighted by Gasteiger charge is 2.26. The van der Waals surface area contributed by atoms with E-state index in [9.17, 15) is 8.42 Å². The van der Waals surface area contributed by atoms with Gasteiger partial charge in [-0.3, -0.25) is 0 Å². The summed E-state index contributed by atoms with van der Waals surface area (Å²) < 4.78 is 27.5. The Labute approximate surface area is 125 Å². The van der Waals surface area contributed by atoms with Crippen molar-refractivity contribution in [3.05, 3.63) is 28.8 Å². The average Bonchev–Trinajstić information content (AvgIpc) is 2.38. The molecule has 1 aromatic carbocycles. The van der Waals surface area contributed by atoms with Crippen LogP contribution in [0.2, 0.25) is 5.02 Å². The lowest BCUT2D eigenvalue weighted by atomic mass is 9.87. The molecule has 0 spiro atoms. The van der Waals surface area contributed by atoms with Crippen molar-refractivity contribution in [1.29, 1.82) is 0 Å². The Hall–Kier alpha value is -0.620. The van der Waals surface area contributed by atoms with Gasteiger partial charge in [0.1, 0.15) is 0 Å². The highest BCUT2D eigenvalue weighted by Crippen LogP contribution is 2.26. The van der Waals surface area contributed by atoms with Gasteiger partial charge in [-0.1, -0.05) is 11.6 Å². The standard InChI is InChI=1S/C14H20ClNO3S/c1-10-8-12(15)4-7-14(10)20(18,19)16-13-5-2-11(9-17)3-6-13/h4,7-8,11,13,16-17H,2-3,5-6,9H2,1H3. The predicted octanol–water partition coefficient (Wildman–Crippen LogP) is 2.48. The van der Waals surface area contributed by atoms with Crippen LogP contribution in [0.3, 0.4) is 0 Å². The van der Waals surface area contributed by atoms with E-state index in [0.717, 1.165) is 25.7 Å². The van der Waals surface area contributed by atoms with Gasteiger partial charge in [0.05, 0.1) is 4.90 Å². The number of benzene rings is 1. The molecule has 2 rings (SSSR count). The molecule has 0 heterocycles. The fourth-order valence-corrected chi connectivity index (χ4v) is 4.42. The Kier molecular flexibility index (Phi) is 5.07. The zero-order chi connectivity index (χ0) is 14.8. The quantitative estimate of drug-likeness (QED) is 0.896. The fourth-order valence-electron chi connectivity index (χ4n) is 2.66. The van der Waals surface area contributed by atoms with E-state index in [1.165, 1.54) is 0 Å². The SMILES string of the molecule is Cc1cc(Cl)ccc1S(=O)(=O)NC1CCC(CO)CC1. The molecule has 0 saturated heterocycles. The lowest BCUT2D eigenvalue weighted by Crippen LogP contribution is -2.38. The molecule has 0 aromatic heterocycles. The monoisotopic (exact) mass is 317 g/mol. The average molecular weight is 318 g/mol. The number of halogens is 1. The van der Waals surface area contributed by atoms with Crippen LogP contribution in [0, 0.1) is 12.8 Å². The topological polar surface area (TPSA) is 66.4 Å².